The first-order chi connectivity index (χ1) is 15.7. The van der Waals surface area contributed by atoms with Gasteiger partial charge in [0.2, 0.25) is 0 Å². The zero-order chi connectivity index (χ0) is 22.0. The van der Waals surface area contributed by atoms with Gasteiger partial charge in [0.15, 0.2) is 0 Å². The van der Waals surface area contributed by atoms with Crippen molar-refractivity contribution < 1.29 is 14.3 Å². The van der Waals surface area contributed by atoms with E-state index in [1.54, 1.807) is 19.3 Å². The lowest BCUT2D eigenvalue weighted by molar-refractivity contribution is -0.0712. The Morgan fingerprint density at radius 1 is 1.12 bits per heavy atom. The van der Waals surface area contributed by atoms with Gasteiger partial charge in [0, 0.05) is 24.2 Å². The summed E-state index contributed by atoms with van der Waals surface area (Å²) in [5.74, 6) is 1.10. The fourth-order valence-corrected chi connectivity index (χ4v) is 5.38. The number of piperidine rings is 1. The van der Waals surface area contributed by atoms with E-state index in [1.165, 1.54) is 43.5 Å². The molecule has 0 spiro atoms. The first-order valence-electron chi connectivity index (χ1n) is 12.1. The number of aromatic nitrogens is 2. The number of esters is 1. The van der Waals surface area contributed by atoms with Crippen LogP contribution in [-0.2, 0) is 21.3 Å². The van der Waals surface area contributed by atoms with E-state index >= 15 is 0 Å². The number of nitrogens with zero attached hydrogens (tertiary/aromatic N) is 3. The van der Waals surface area contributed by atoms with Gasteiger partial charge in [-0.2, -0.15) is 0 Å². The number of rotatable bonds is 7. The minimum atomic E-state index is -0.361. The zero-order valence-electron chi connectivity index (χ0n) is 19.0. The third kappa shape index (κ3) is 4.30. The standard InChI is InChI=1S/C26H33N3O3/c1-2-32-25(30)21-15-27-24(28-16-21)14-26(10-3-11-26)22-6-4-19(5-7-22)20-8-12-29(13-9-20)23-17-31-18-23/h4-7,15-16,20,23H,2-3,8-14,17-18H2,1H3. The van der Waals surface area contributed by atoms with E-state index in [0.717, 1.165) is 38.3 Å². The zero-order valence-corrected chi connectivity index (χ0v) is 19.0. The molecule has 5 rings (SSSR count). The molecule has 32 heavy (non-hydrogen) atoms. The topological polar surface area (TPSA) is 64.5 Å². The van der Waals surface area contributed by atoms with Gasteiger partial charge < -0.3 is 9.47 Å². The van der Waals surface area contributed by atoms with Gasteiger partial charge in [-0.1, -0.05) is 30.7 Å². The number of hydrogen-bond acceptors (Lipinski definition) is 6. The molecule has 2 aromatic rings. The molecule has 0 amide bonds. The predicted octanol–water partition coefficient (Wildman–Crippen LogP) is 3.90. The summed E-state index contributed by atoms with van der Waals surface area (Å²) >= 11 is 0. The summed E-state index contributed by atoms with van der Waals surface area (Å²) in [6.07, 6.45) is 10.1. The first-order valence-corrected chi connectivity index (χ1v) is 12.1. The number of likely N-dealkylation sites (tertiary alicyclic amines) is 1. The van der Waals surface area contributed by atoms with Gasteiger partial charge in [0.05, 0.1) is 31.4 Å². The summed E-state index contributed by atoms with van der Waals surface area (Å²) < 4.78 is 10.4. The summed E-state index contributed by atoms with van der Waals surface area (Å²) in [6, 6.07) is 10.0. The molecule has 6 nitrogen and oxygen atoms in total. The van der Waals surface area contributed by atoms with Crippen LogP contribution in [0.25, 0.3) is 0 Å². The highest BCUT2D eigenvalue weighted by molar-refractivity contribution is 5.88. The molecule has 3 aliphatic rings. The van der Waals surface area contributed by atoms with Crippen molar-refractivity contribution in [1.29, 1.82) is 0 Å². The van der Waals surface area contributed by atoms with Crippen LogP contribution in [0.1, 0.15) is 72.3 Å². The molecule has 0 atom stereocenters. The smallest absolute Gasteiger partial charge is 0.341 e. The SMILES string of the molecule is CCOC(=O)c1cnc(CC2(c3ccc(C4CCN(C5COC5)CC4)cc3)CCC2)nc1. The second-order valence-electron chi connectivity index (χ2n) is 9.54. The number of carbonyl (C=O) groups excluding carboxylic acids is 1. The Morgan fingerprint density at radius 2 is 1.81 bits per heavy atom. The molecule has 170 valence electrons. The van der Waals surface area contributed by atoms with E-state index < -0.39 is 0 Å². The van der Waals surface area contributed by atoms with Crippen LogP contribution in [-0.4, -0.2) is 59.8 Å². The van der Waals surface area contributed by atoms with E-state index in [2.05, 4.69) is 39.1 Å². The molecule has 6 heteroatoms. The average Bonchev–Trinajstić information content (AvgIpc) is 2.76. The van der Waals surface area contributed by atoms with Crippen LogP contribution in [0.2, 0.25) is 0 Å². The largest absolute Gasteiger partial charge is 0.462 e. The van der Waals surface area contributed by atoms with Crippen LogP contribution in [0.15, 0.2) is 36.7 Å². The fourth-order valence-electron chi connectivity index (χ4n) is 5.38. The van der Waals surface area contributed by atoms with Crippen molar-refractivity contribution in [2.24, 2.45) is 0 Å². The maximum absolute atomic E-state index is 11.9. The van der Waals surface area contributed by atoms with Crippen molar-refractivity contribution in [2.45, 2.75) is 62.8 Å². The summed E-state index contributed by atoms with van der Waals surface area (Å²) in [5.41, 5.74) is 3.41. The lowest BCUT2D eigenvalue weighted by Gasteiger charge is -2.43. The minimum absolute atomic E-state index is 0.123. The van der Waals surface area contributed by atoms with Crippen LogP contribution >= 0.6 is 0 Å². The van der Waals surface area contributed by atoms with Crippen molar-refractivity contribution in [2.75, 3.05) is 32.9 Å². The highest BCUT2D eigenvalue weighted by atomic mass is 16.5. The minimum Gasteiger partial charge on any atom is -0.462 e. The Morgan fingerprint density at radius 3 is 2.34 bits per heavy atom. The van der Waals surface area contributed by atoms with E-state index in [4.69, 9.17) is 9.47 Å². The molecule has 3 fully saturated rings. The molecule has 1 aliphatic carbocycles. The first kappa shape index (κ1) is 21.5. The Bertz CT molecular complexity index is 912. The van der Waals surface area contributed by atoms with Gasteiger partial charge >= 0.3 is 5.97 Å². The van der Waals surface area contributed by atoms with E-state index in [-0.39, 0.29) is 11.4 Å². The van der Waals surface area contributed by atoms with Crippen molar-refractivity contribution in [3.05, 3.63) is 59.2 Å². The molecule has 0 bridgehead atoms. The second kappa shape index (κ2) is 9.28. The van der Waals surface area contributed by atoms with Crippen LogP contribution < -0.4 is 0 Å². The van der Waals surface area contributed by atoms with Gasteiger partial charge in [-0.05, 0) is 62.7 Å². The molecule has 1 aromatic carbocycles. The maximum Gasteiger partial charge on any atom is 0.341 e. The average molecular weight is 436 g/mol. The van der Waals surface area contributed by atoms with Gasteiger partial charge in [0.1, 0.15) is 5.82 Å². The molecule has 3 heterocycles. The molecule has 2 aliphatic heterocycles. The number of hydrogen-bond donors (Lipinski definition) is 0. The maximum atomic E-state index is 11.9. The van der Waals surface area contributed by atoms with Crippen LogP contribution in [0.4, 0.5) is 0 Å². The van der Waals surface area contributed by atoms with Gasteiger partial charge in [-0.25, -0.2) is 14.8 Å². The third-order valence-electron chi connectivity index (χ3n) is 7.68. The van der Waals surface area contributed by atoms with Crippen molar-refractivity contribution in [1.82, 2.24) is 14.9 Å². The highest BCUT2D eigenvalue weighted by Crippen LogP contribution is 2.46. The molecule has 0 unspecified atom stereocenters. The molecular formula is C26H33N3O3. The summed E-state index contributed by atoms with van der Waals surface area (Å²) in [7, 11) is 0. The van der Waals surface area contributed by atoms with Crippen LogP contribution in [0, 0.1) is 0 Å². The van der Waals surface area contributed by atoms with E-state index in [9.17, 15) is 4.79 Å². The molecule has 1 saturated carbocycles. The van der Waals surface area contributed by atoms with Gasteiger partial charge in [0.25, 0.3) is 0 Å². The molecule has 0 N–H and O–H groups in total. The summed E-state index contributed by atoms with van der Waals surface area (Å²) in [4.78, 5) is 23.4. The van der Waals surface area contributed by atoms with Gasteiger partial charge in [-0.3, -0.25) is 4.90 Å². The quantitative estimate of drug-likeness (QED) is 0.615. The number of benzene rings is 1. The van der Waals surface area contributed by atoms with Crippen molar-refractivity contribution in [3.8, 4) is 0 Å². The fraction of sp³-hybridized carbons (Fsp3) is 0.577. The van der Waals surface area contributed by atoms with Gasteiger partial charge in [-0.15, -0.1) is 0 Å². The van der Waals surface area contributed by atoms with Crippen LogP contribution in [0.5, 0.6) is 0 Å². The Balaban J connectivity index is 1.23. The molecule has 1 aromatic heterocycles. The second-order valence-corrected chi connectivity index (χ2v) is 9.54. The highest BCUT2D eigenvalue weighted by Gasteiger charge is 2.39. The summed E-state index contributed by atoms with van der Waals surface area (Å²) in [5, 5.41) is 0. The predicted molar refractivity (Wildman–Crippen MR) is 122 cm³/mol. The Hall–Kier alpha value is -2.31. The molecule has 2 saturated heterocycles. The lowest BCUT2D eigenvalue weighted by atomic mass is 9.62. The van der Waals surface area contributed by atoms with Crippen molar-refractivity contribution >= 4 is 5.97 Å². The monoisotopic (exact) mass is 435 g/mol. The number of carbonyl (C=O) groups is 1. The normalized spacial score (nSPS) is 21.5. The Labute approximate surface area is 190 Å². The number of ether oxygens (including phenoxy) is 2. The van der Waals surface area contributed by atoms with Crippen molar-refractivity contribution in [3.63, 3.8) is 0 Å². The summed E-state index contributed by atoms with van der Waals surface area (Å²) in [6.45, 7) is 6.35. The molecular weight excluding hydrogens is 402 g/mol. The van der Waals surface area contributed by atoms with E-state index in [0.29, 0.717) is 24.1 Å². The lowest BCUT2D eigenvalue weighted by Crippen LogP contribution is -2.51. The Kier molecular flexibility index (Phi) is 6.24. The van der Waals surface area contributed by atoms with Crippen LogP contribution in [0.3, 0.4) is 0 Å². The third-order valence-corrected chi connectivity index (χ3v) is 7.68. The molecule has 0 radical (unpaired) electrons. The van der Waals surface area contributed by atoms with E-state index in [1.807, 2.05) is 0 Å².